The molecular weight excluding hydrogens is 386 g/mol. The summed E-state index contributed by atoms with van der Waals surface area (Å²) in [6.45, 7) is 3.16. The van der Waals surface area contributed by atoms with Crippen LogP contribution in [0.2, 0.25) is 0 Å². The topological polar surface area (TPSA) is 145 Å². The molecule has 11 nitrogen and oxygen atoms in total. The van der Waals surface area contributed by atoms with Gasteiger partial charge in [0.2, 0.25) is 10.0 Å². The Hall–Kier alpha value is -3.12. The van der Waals surface area contributed by atoms with Gasteiger partial charge >= 0.3 is 0 Å². The van der Waals surface area contributed by atoms with Gasteiger partial charge in [-0.15, -0.1) is 0 Å². The number of hydrogen-bond acceptors (Lipinski definition) is 8. The van der Waals surface area contributed by atoms with Crippen LogP contribution in [0.4, 0.5) is 11.5 Å². The first-order chi connectivity index (χ1) is 13.4. The summed E-state index contributed by atoms with van der Waals surface area (Å²) < 4.78 is 28.7. The summed E-state index contributed by atoms with van der Waals surface area (Å²) in [7, 11) is -3.79. The van der Waals surface area contributed by atoms with Crippen molar-refractivity contribution >= 4 is 32.6 Å². The summed E-state index contributed by atoms with van der Waals surface area (Å²) in [6, 6.07) is 4.69. The lowest BCUT2D eigenvalue weighted by molar-refractivity contribution is -0.384. The predicted octanol–water partition coefficient (Wildman–Crippen LogP) is 1.53. The van der Waals surface area contributed by atoms with E-state index in [1.807, 2.05) is 6.92 Å². The fraction of sp³-hybridized carbons (Fsp3) is 0.312. The van der Waals surface area contributed by atoms with E-state index in [-0.39, 0.29) is 23.7 Å². The van der Waals surface area contributed by atoms with E-state index in [0.29, 0.717) is 11.5 Å². The molecule has 0 atom stereocenters. The van der Waals surface area contributed by atoms with Crippen LogP contribution >= 0.6 is 0 Å². The summed E-state index contributed by atoms with van der Waals surface area (Å²) >= 11 is 0. The molecule has 0 unspecified atom stereocenters. The number of nitrogens with one attached hydrogen (secondary N) is 2. The van der Waals surface area contributed by atoms with Crippen molar-refractivity contribution in [2.75, 3.05) is 18.4 Å². The van der Waals surface area contributed by atoms with Gasteiger partial charge in [0.05, 0.1) is 27.9 Å². The van der Waals surface area contributed by atoms with Crippen LogP contribution in [0.25, 0.3) is 11.0 Å². The van der Waals surface area contributed by atoms with Gasteiger partial charge in [-0.25, -0.2) is 27.8 Å². The molecule has 2 aromatic heterocycles. The van der Waals surface area contributed by atoms with Crippen LogP contribution in [0.15, 0.2) is 41.7 Å². The number of benzene rings is 1. The van der Waals surface area contributed by atoms with Gasteiger partial charge < -0.3 is 5.32 Å². The molecule has 3 rings (SSSR count). The molecule has 0 radical (unpaired) electrons. The normalized spacial score (nSPS) is 11.6. The van der Waals surface area contributed by atoms with E-state index in [2.05, 4.69) is 25.1 Å². The molecular formula is C16H19N7O4S. The minimum absolute atomic E-state index is 0.0446. The average molecular weight is 405 g/mol. The van der Waals surface area contributed by atoms with Crippen LogP contribution in [0.1, 0.15) is 13.3 Å². The second-order valence-electron chi connectivity index (χ2n) is 5.90. The fourth-order valence-electron chi connectivity index (χ4n) is 2.56. The van der Waals surface area contributed by atoms with E-state index >= 15 is 0 Å². The molecule has 0 saturated carbocycles. The van der Waals surface area contributed by atoms with Crippen molar-refractivity contribution in [1.29, 1.82) is 0 Å². The molecule has 0 bridgehead atoms. The van der Waals surface area contributed by atoms with Gasteiger partial charge in [0.1, 0.15) is 12.1 Å². The summed E-state index contributed by atoms with van der Waals surface area (Å²) in [4.78, 5) is 18.5. The average Bonchev–Trinajstić information content (AvgIpc) is 3.10. The maximum Gasteiger partial charge on any atom is 0.269 e. The summed E-state index contributed by atoms with van der Waals surface area (Å²) in [5, 5.41) is 18.9. The number of nitro benzene ring substituents is 1. The van der Waals surface area contributed by atoms with Gasteiger partial charge in [-0.2, -0.15) is 5.10 Å². The smallest absolute Gasteiger partial charge is 0.269 e. The largest absolute Gasteiger partial charge is 0.369 e. The number of hydrogen-bond donors (Lipinski definition) is 2. The van der Waals surface area contributed by atoms with E-state index < -0.39 is 14.9 Å². The number of aromatic nitrogens is 4. The van der Waals surface area contributed by atoms with Gasteiger partial charge in [-0.1, -0.05) is 6.92 Å². The first kappa shape index (κ1) is 19.6. The van der Waals surface area contributed by atoms with E-state index in [9.17, 15) is 18.5 Å². The zero-order chi connectivity index (χ0) is 20.1. The van der Waals surface area contributed by atoms with Gasteiger partial charge in [0.25, 0.3) is 5.69 Å². The Bertz CT molecular complexity index is 1080. The van der Waals surface area contributed by atoms with Crippen molar-refractivity contribution in [2.45, 2.75) is 24.8 Å². The molecule has 2 heterocycles. The second-order valence-corrected chi connectivity index (χ2v) is 7.67. The third-order valence-electron chi connectivity index (χ3n) is 3.95. The highest BCUT2D eigenvalue weighted by molar-refractivity contribution is 7.89. The Morgan fingerprint density at radius 3 is 2.61 bits per heavy atom. The van der Waals surface area contributed by atoms with Crippen LogP contribution in [0, 0.1) is 10.1 Å². The highest BCUT2D eigenvalue weighted by Crippen LogP contribution is 2.19. The molecule has 0 fully saturated rings. The van der Waals surface area contributed by atoms with Crippen LogP contribution in [0.3, 0.4) is 0 Å². The molecule has 0 aliphatic rings. The molecule has 0 spiro atoms. The molecule has 1 aromatic carbocycles. The van der Waals surface area contributed by atoms with Crippen LogP contribution < -0.4 is 10.0 Å². The highest BCUT2D eigenvalue weighted by atomic mass is 32.2. The quantitative estimate of drug-likeness (QED) is 0.403. The zero-order valence-electron chi connectivity index (χ0n) is 15.1. The lowest BCUT2D eigenvalue weighted by Gasteiger charge is -2.08. The molecule has 148 valence electrons. The van der Waals surface area contributed by atoms with Crippen LogP contribution in [-0.4, -0.2) is 46.2 Å². The maximum atomic E-state index is 12.3. The minimum Gasteiger partial charge on any atom is -0.369 e. The van der Waals surface area contributed by atoms with E-state index in [4.69, 9.17) is 0 Å². The molecule has 3 aromatic rings. The number of rotatable bonds is 9. The van der Waals surface area contributed by atoms with Gasteiger partial charge in [-0.05, 0) is 18.6 Å². The number of fused-ring (bicyclic) bond motifs is 1. The van der Waals surface area contributed by atoms with Crippen molar-refractivity contribution < 1.29 is 13.3 Å². The van der Waals surface area contributed by atoms with E-state index in [1.165, 1.54) is 18.5 Å². The second kappa shape index (κ2) is 8.27. The maximum absolute atomic E-state index is 12.3. The minimum atomic E-state index is -3.79. The molecule has 0 saturated heterocycles. The molecule has 2 N–H and O–H groups in total. The number of sulfonamides is 1. The molecule has 0 aliphatic carbocycles. The Labute approximate surface area is 161 Å². The van der Waals surface area contributed by atoms with E-state index in [1.54, 1.807) is 10.9 Å². The fourth-order valence-corrected chi connectivity index (χ4v) is 3.58. The van der Waals surface area contributed by atoms with E-state index in [0.717, 1.165) is 30.5 Å². The van der Waals surface area contributed by atoms with Crippen molar-refractivity contribution in [3.8, 4) is 0 Å². The lowest BCUT2D eigenvalue weighted by Crippen LogP contribution is -2.27. The summed E-state index contributed by atoms with van der Waals surface area (Å²) in [5.41, 5.74) is 0.428. The number of nitro groups is 1. The van der Waals surface area contributed by atoms with Gasteiger partial charge in [0.15, 0.2) is 5.65 Å². The first-order valence-corrected chi connectivity index (χ1v) is 10.0. The van der Waals surface area contributed by atoms with Crippen LogP contribution in [0.5, 0.6) is 0 Å². The predicted molar refractivity (Wildman–Crippen MR) is 102 cm³/mol. The SMILES string of the molecule is CCCNc1ncnc2c1cnn2CCNS(=O)(=O)c1ccc([N+](=O)[O-])cc1. The molecule has 0 aliphatic heterocycles. The number of non-ortho nitro benzene ring substituents is 1. The standard InChI is InChI=1S/C16H19N7O4S/c1-2-7-17-15-14-10-20-22(16(14)19-11-18-15)9-8-21-28(26,27)13-5-3-12(4-6-13)23(24)25/h3-6,10-11,21H,2,7-9H2,1H3,(H,17,18,19). The van der Waals surface area contributed by atoms with Crippen LogP contribution in [-0.2, 0) is 16.6 Å². The van der Waals surface area contributed by atoms with Crippen molar-refractivity contribution in [3.05, 3.63) is 46.9 Å². The third-order valence-corrected chi connectivity index (χ3v) is 5.43. The Kier molecular flexibility index (Phi) is 5.80. The molecule has 28 heavy (non-hydrogen) atoms. The summed E-state index contributed by atoms with van der Waals surface area (Å²) in [5.74, 6) is 0.685. The third kappa shape index (κ3) is 4.23. The molecule has 12 heteroatoms. The number of nitrogens with zero attached hydrogens (tertiary/aromatic N) is 5. The highest BCUT2D eigenvalue weighted by Gasteiger charge is 2.16. The monoisotopic (exact) mass is 405 g/mol. The van der Waals surface area contributed by atoms with Crippen molar-refractivity contribution in [1.82, 2.24) is 24.5 Å². The summed E-state index contributed by atoms with van der Waals surface area (Å²) in [6.07, 6.45) is 4.02. The lowest BCUT2D eigenvalue weighted by atomic mass is 10.3. The zero-order valence-corrected chi connectivity index (χ0v) is 15.9. The molecule has 0 amide bonds. The van der Waals surface area contributed by atoms with Crippen molar-refractivity contribution in [3.63, 3.8) is 0 Å². The van der Waals surface area contributed by atoms with Gasteiger partial charge in [-0.3, -0.25) is 10.1 Å². The van der Waals surface area contributed by atoms with Crippen molar-refractivity contribution in [2.24, 2.45) is 0 Å². The number of anilines is 1. The first-order valence-electron chi connectivity index (χ1n) is 8.57. The Morgan fingerprint density at radius 2 is 1.93 bits per heavy atom. The van der Waals surface area contributed by atoms with Gasteiger partial charge in [0, 0.05) is 25.2 Å². The Morgan fingerprint density at radius 1 is 1.18 bits per heavy atom. The Balaban J connectivity index is 1.68.